The highest BCUT2D eigenvalue weighted by molar-refractivity contribution is 6.12. The van der Waals surface area contributed by atoms with Crippen molar-refractivity contribution in [3.63, 3.8) is 0 Å². The molecule has 1 saturated carbocycles. The predicted octanol–water partition coefficient (Wildman–Crippen LogP) is 3.80. The summed E-state index contributed by atoms with van der Waals surface area (Å²) in [6, 6.07) is 0. The van der Waals surface area contributed by atoms with Gasteiger partial charge in [-0.25, -0.2) is 9.97 Å². The van der Waals surface area contributed by atoms with Crippen molar-refractivity contribution >= 4 is 23.4 Å². The highest BCUT2D eigenvalue weighted by atomic mass is 15.3. The molecule has 2 aliphatic rings. The molecule has 0 aromatic carbocycles. The van der Waals surface area contributed by atoms with Gasteiger partial charge in [0.2, 0.25) is 5.95 Å². The van der Waals surface area contributed by atoms with E-state index >= 15 is 0 Å². The van der Waals surface area contributed by atoms with Crippen LogP contribution in [0.25, 0.3) is 11.2 Å². The van der Waals surface area contributed by atoms with Crippen LogP contribution < -0.4 is 10.2 Å². The van der Waals surface area contributed by atoms with E-state index in [9.17, 15) is 0 Å². The summed E-state index contributed by atoms with van der Waals surface area (Å²) in [4.78, 5) is 12.0. The van der Waals surface area contributed by atoms with Gasteiger partial charge in [-0.15, -0.1) is 0 Å². The second-order valence-corrected chi connectivity index (χ2v) is 8.12. The number of nitrogens with zero attached hydrogens (tertiary/aromatic N) is 4. The third kappa shape index (κ3) is 3.01. The van der Waals surface area contributed by atoms with Crippen molar-refractivity contribution in [2.75, 3.05) is 25.0 Å². The third-order valence-electron chi connectivity index (χ3n) is 6.67. The van der Waals surface area contributed by atoms with E-state index in [1.165, 1.54) is 44.7 Å². The first-order chi connectivity index (χ1) is 13.1. The number of aryl methyl sites for hydroxylation is 1. The molecule has 1 saturated heterocycles. The molecular weight excluding hydrogens is 336 g/mol. The lowest BCUT2D eigenvalue weighted by molar-refractivity contribution is 0.225. The van der Waals surface area contributed by atoms with Crippen LogP contribution in [-0.4, -0.2) is 40.7 Å². The lowest BCUT2D eigenvalue weighted by Crippen LogP contribution is -2.40. The molecule has 0 radical (unpaired) electrons. The number of nitrogens with one attached hydrogen (secondary N) is 2. The number of allylic oxidation sites excluding steroid dienone is 2. The number of hydrogen-bond donors (Lipinski definition) is 2. The van der Waals surface area contributed by atoms with Crippen molar-refractivity contribution in [1.29, 1.82) is 5.41 Å². The number of imidazole rings is 1. The van der Waals surface area contributed by atoms with E-state index in [4.69, 9.17) is 10.4 Å². The highest BCUT2D eigenvalue weighted by Crippen LogP contribution is 2.46. The quantitative estimate of drug-likeness (QED) is 0.808. The van der Waals surface area contributed by atoms with Crippen molar-refractivity contribution < 1.29 is 0 Å². The standard InChI is InChI=1S/C21H30N6/c1-15(23-3)17(14-22)18-16(2)25-20(27-13-10-24-19(18)27)26-11-8-21(9-12-26)6-4-5-7-21/h10,13-14,22-23H,4-9,11-12H2,1-3H3/b17-15+,22-14?. The van der Waals surface area contributed by atoms with E-state index in [0.717, 1.165) is 47.2 Å². The zero-order valence-corrected chi connectivity index (χ0v) is 16.7. The summed E-state index contributed by atoms with van der Waals surface area (Å²) in [6.07, 6.45) is 13.4. The monoisotopic (exact) mass is 366 g/mol. The maximum atomic E-state index is 7.90. The molecule has 4 rings (SSSR count). The number of piperidine rings is 1. The van der Waals surface area contributed by atoms with Crippen LogP contribution in [-0.2, 0) is 0 Å². The van der Waals surface area contributed by atoms with Crippen LogP contribution in [0.3, 0.4) is 0 Å². The second-order valence-electron chi connectivity index (χ2n) is 8.12. The van der Waals surface area contributed by atoms with Crippen molar-refractivity contribution in [3.8, 4) is 0 Å². The van der Waals surface area contributed by atoms with Gasteiger partial charge in [0, 0.05) is 55.6 Å². The number of aromatic nitrogens is 3. The second kappa shape index (κ2) is 6.98. The Morgan fingerprint density at radius 2 is 1.93 bits per heavy atom. The average Bonchev–Trinajstić information content (AvgIpc) is 3.34. The first-order valence-electron chi connectivity index (χ1n) is 10.1. The molecule has 2 aromatic rings. The van der Waals surface area contributed by atoms with Crippen molar-refractivity contribution in [2.45, 2.75) is 52.4 Å². The SMILES string of the molecule is CN/C(C)=C(\C=N)c1c(C)nc(N2CCC3(CCCC3)CC2)n2ccnc12. The molecule has 2 fully saturated rings. The largest absolute Gasteiger partial charge is 0.391 e. The number of fused-ring (bicyclic) bond motifs is 1. The van der Waals surface area contributed by atoms with Crippen LogP contribution in [0.5, 0.6) is 0 Å². The van der Waals surface area contributed by atoms with Gasteiger partial charge in [-0.2, -0.15) is 0 Å². The van der Waals surface area contributed by atoms with Crippen LogP contribution in [0.1, 0.15) is 56.7 Å². The van der Waals surface area contributed by atoms with Crippen LogP contribution >= 0.6 is 0 Å². The first-order valence-corrected chi connectivity index (χ1v) is 10.1. The molecule has 0 amide bonds. The topological polar surface area (TPSA) is 69.3 Å². The van der Waals surface area contributed by atoms with Gasteiger partial charge in [-0.05, 0) is 44.9 Å². The van der Waals surface area contributed by atoms with Crippen molar-refractivity contribution in [2.24, 2.45) is 5.41 Å². The van der Waals surface area contributed by atoms with E-state index in [2.05, 4.69) is 19.6 Å². The molecule has 1 aliphatic carbocycles. The van der Waals surface area contributed by atoms with Crippen LogP contribution in [0.15, 0.2) is 18.1 Å². The fourth-order valence-electron chi connectivity index (χ4n) is 4.92. The number of anilines is 1. The lowest BCUT2D eigenvalue weighted by Gasteiger charge is -2.40. The number of hydrogen-bond acceptors (Lipinski definition) is 5. The maximum Gasteiger partial charge on any atom is 0.211 e. The summed E-state index contributed by atoms with van der Waals surface area (Å²) in [6.45, 7) is 6.16. The zero-order chi connectivity index (χ0) is 19.0. The zero-order valence-electron chi connectivity index (χ0n) is 16.7. The smallest absolute Gasteiger partial charge is 0.211 e. The van der Waals surface area contributed by atoms with E-state index in [-0.39, 0.29) is 0 Å². The van der Waals surface area contributed by atoms with Gasteiger partial charge < -0.3 is 15.6 Å². The summed E-state index contributed by atoms with van der Waals surface area (Å²) in [5, 5.41) is 11.1. The van der Waals surface area contributed by atoms with Gasteiger partial charge in [0.1, 0.15) is 5.65 Å². The van der Waals surface area contributed by atoms with Gasteiger partial charge in [-0.1, -0.05) is 12.8 Å². The summed E-state index contributed by atoms with van der Waals surface area (Å²) in [5.41, 5.74) is 5.14. The molecule has 2 N–H and O–H groups in total. The predicted molar refractivity (Wildman–Crippen MR) is 111 cm³/mol. The molecule has 6 nitrogen and oxygen atoms in total. The van der Waals surface area contributed by atoms with Gasteiger partial charge in [-0.3, -0.25) is 4.40 Å². The molecule has 0 unspecified atom stereocenters. The number of rotatable bonds is 4. The van der Waals surface area contributed by atoms with E-state index in [1.54, 1.807) is 0 Å². The van der Waals surface area contributed by atoms with Crippen LogP contribution in [0, 0.1) is 17.7 Å². The molecule has 0 bridgehead atoms. The van der Waals surface area contributed by atoms with Crippen LogP contribution in [0.4, 0.5) is 5.95 Å². The normalized spacial score (nSPS) is 20.2. The summed E-state index contributed by atoms with van der Waals surface area (Å²) < 4.78 is 2.10. The molecule has 0 atom stereocenters. The summed E-state index contributed by atoms with van der Waals surface area (Å²) in [5.74, 6) is 0.989. The van der Waals surface area contributed by atoms with Crippen molar-refractivity contribution in [3.05, 3.63) is 29.3 Å². The fourth-order valence-corrected chi connectivity index (χ4v) is 4.92. The Morgan fingerprint density at radius 1 is 1.22 bits per heavy atom. The molecular formula is C21H30N6. The Morgan fingerprint density at radius 3 is 2.56 bits per heavy atom. The highest BCUT2D eigenvalue weighted by Gasteiger charge is 2.37. The molecule has 144 valence electrons. The lowest BCUT2D eigenvalue weighted by atomic mass is 9.77. The first kappa shape index (κ1) is 18.0. The average molecular weight is 367 g/mol. The molecule has 6 heteroatoms. The minimum atomic E-state index is 0.597. The summed E-state index contributed by atoms with van der Waals surface area (Å²) >= 11 is 0. The fraction of sp³-hybridized carbons (Fsp3) is 0.571. The van der Waals surface area contributed by atoms with Gasteiger partial charge in [0.05, 0.1) is 5.69 Å². The van der Waals surface area contributed by atoms with E-state index in [1.807, 2.05) is 33.3 Å². The molecule has 2 aromatic heterocycles. The Labute approximate surface area is 161 Å². The summed E-state index contributed by atoms with van der Waals surface area (Å²) in [7, 11) is 1.88. The Balaban J connectivity index is 1.73. The minimum absolute atomic E-state index is 0.597. The third-order valence-corrected chi connectivity index (χ3v) is 6.67. The van der Waals surface area contributed by atoms with Gasteiger partial charge >= 0.3 is 0 Å². The Hall–Kier alpha value is -2.37. The van der Waals surface area contributed by atoms with Gasteiger partial charge in [0.25, 0.3) is 0 Å². The maximum absolute atomic E-state index is 7.90. The molecule has 1 spiro atoms. The van der Waals surface area contributed by atoms with Gasteiger partial charge in [0.15, 0.2) is 0 Å². The Kier molecular flexibility index (Phi) is 4.66. The van der Waals surface area contributed by atoms with Crippen molar-refractivity contribution in [1.82, 2.24) is 19.7 Å². The Bertz CT molecular complexity index is 877. The molecule has 1 aliphatic heterocycles. The molecule has 27 heavy (non-hydrogen) atoms. The minimum Gasteiger partial charge on any atom is -0.391 e. The van der Waals surface area contributed by atoms with E-state index < -0.39 is 0 Å². The molecule has 3 heterocycles. The van der Waals surface area contributed by atoms with Crippen LogP contribution in [0.2, 0.25) is 0 Å². The van der Waals surface area contributed by atoms with E-state index in [0.29, 0.717) is 5.41 Å².